The molecule has 2 aromatic rings. The third-order valence-corrected chi connectivity index (χ3v) is 6.10. The molecular formula is C21H22I2. The Labute approximate surface area is 167 Å². The van der Waals surface area contributed by atoms with Crippen LogP contribution in [0.3, 0.4) is 0 Å². The lowest BCUT2D eigenvalue weighted by Crippen LogP contribution is -2.02. The van der Waals surface area contributed by atoms with Crippen LogP contribution in [0, 0.1) is 21.0 Å². The number of halogens is 2. The average molecular weight is 528 g/mol. The van der Waals surface area contributed by atoms with Crippen molar-refractivity contribution < 1.29 is 0 Å². The highest BCUT2D eigenvalue weighted by atomic mass is 127. The van der Waals surface area contributed by atoms with E-state index in [9.17, 15) is 0 Å². The first kappa shape index (κ1) is 18.7. The van der Waals surface area contributed by atoms with Crippen molar-refractivity contribution in [2.45, 2.75) is 34.1 Å². The minimum absolute atomic E-state index is 0.973. The average Bonchev–Trinajstić information content (AvgIpc) is 2.44. The fourth-order valence-corrected chi connectivity index (χ4v) is 4.57. The van der Waals surface area contributed by atoms with Crippen LogP contribution in [0.2, 0.25) is 0 Å². The molecule has 0 nitrogen and oxygen atoms in total. The van der Waals surface area contributed by atoms with Crippen molar-refractivity contribution in [3.05, 3.63) is 77.9 Å². The maximum Gasteiger partial charge on any atom is 0.0174 e. The van der Waals surface area contributed by atoms with Crippen LogP contribution in [0.5, 0.6) is 0 Å². The fourth-order valence-electron chi connectivity index (χ4n) is 2.67. The summed E-state index contributed by atoms with van der Waals surface area (Å²) in [5.41, 5.74) is 10.2. The van der Waals surface area contributed by atoms with Crippen LogP contribution in [0.25, 0.3) is 11.1 Å². The molecule has 0 N–H and O–H groups in total. The highest BCUT2D eigenvalue weighted by Gasteiger charge is 2.13. The van der Waals surface area contributed by atoms with Gasteiger partial charge in [0.1, 0.15) is 0 Å². The lowest BCUT2D eigenvalue weighted by atomic mass is 9.93. The number of hydrogen-bond acceptors (Lipinski definition) is 0. The van der Waals surface area contributed by atoms with Crippen molar-refractivity contribution in [2.24, 2.45) is 0 Å². The molecule has 120 valence electrons. The predicted octanol–water partition coefficient (Wildman–Crippen LogP) is 7.17. The van der Waals surface area contributed by atoms with Gasteiger partial charge >= 0.3 is 0 Å². The molecule has 0 unspecified atom stereocenters. The van der Waals surface area contributed by atoms with Gasteiger partial charge < -0.3 is 0 Å². The second kappa shape index (κ2) is 7.51. The molecule has 2 heteroatoms. The van der Waals surface area contributed by atoms with Gasteiger partial charge in [0, 0.05) is 13.6 Å². The standard InChI is InChI=1S/C21H22I2/c1-12(2)16-7-14(5)18(20(22)9-16)11-19-15(6)8-17(13(3)4)10-21(19)23/h7-10H,1,3,11H2,2,4-6H3. The quantitative estimate of drug-likeness (QED) is 0.370. The Bertz CT molecular complexity index is 684. The van der Waals surface area contributed by atoms with E-state index in [1.807, 2.05) is 0 Å². The molecule has 0 aliphatic carbocycles. The smallest absolute Gasteiger partial charge is 0.0174 e. The van der Waals surface area contributed by atoms with Crippen molar-refractivity contribution in [2.75, 3.05) is 0 Å². The lowest BCUT2D eigenvalue weighted by Gasteiger charge is -2.16. The molecule has 0 saturated heterocycles. The lowest BCUT2D eigenvalue weighted by molar-refractivity contribution is 1.10. The molecule has 0 heterocycles. The van der Waals surface area contributed by atoms with Crippen molar-refractivity contribution in [1.82, 2.24) is 0 Å². The van der Waals surface area contributed by atoms with Gasteiger partial charge in [-0.3, -0.25) is 0 Å². The molecule has 0 aromatic heterocycles. The Hall–Kier alpha value is -0.620. The number of hydrogen-bond donors (Lipinski definition) is 0. The van der Waals surface area contributed by atoms with E-state index in [1.54, 1.807) is 0 Å². The molecule has 0 aliphatic heterocycles. The zero-order chi connectivity index (χ0) is 17.3. The van der Waals surface area contributed by atoms with E-state index < -0.39 is 0 Å². The van der Waals surface area contributed by atoms with Gasteiger partial charge in [-0.1, -0.05) is 36.4 Å². The molecule has 0 radical (unpaired) electrons. The van der Waals surface area contributed by atoms with E-state index in [0.717, 1.165) is 17.6 Å². The van der Waals surface area contributed by atoms with E-state index in [0.29, 0.717) is 0 Å². The Morgan fingerprint density at radius 2 is 1.13 bits per heavy atom. The van der Waals surface area contributed by atoms with Crippen LogP contribution >= 0.6 is 45.2 Å². The monoisotopic (exact) mass is 528 g/mol. The summed E-state index contributed by atoms with van der Waals surface area (Å²) in [7, 11) is 0. The van der Waals surface area contributed by atoms with Crippen LogP contribution in [0.4, 0.5) is 0 Å². The summed E-state index contributed by atoms with van der Waals surface area (Å²) in [4.78, 5) is 0. The van der Waals surface area contributed by atoms with Gasteiger partial charge in [-0.05, 0) is 118 Å². The van der Waals surface area contributed by atoms with Crippen LogP contribution in [-0.2, 0) is 6.42 Å². The normalized spacial score (nSPS) is 10.7. The van der Waals surface area contributed by atoms with Gasteiger partial charge in [0.15, 0.2) is 0 Å². The molecule has 0 saturated carbocycles. The van der Waals surface area contributed by atoms with Crippen molar-refractivity contribution in [1.29, 1.82) is 0 Å². The highest BCUT2D eigenvalue weighted by Crippen LogP contribution is 2.29. The molecule has 0 aliphatic rings. The Balaban J connectivity index is 2.48. The first-order chi connectivity index (χ1) is 10.7. The maximum atomic E-state index is 4.06. The molecule has 2 aromatic carbocycles. The van der Waals surface area contributed by atoms with E-state index in [1.165, 1.54) is 40.5 Å². The zero-order valence-electron chi connectivity index (χ0n) is 14.2. The molecule has 0 spiro atoms. The summed E-state index contributed by atoms with van der Waals surface area (Å²) in [6.07, 6.45) is 0.973. The van der Waals surface area contributed by atoms with Gasteiger partial charge in [0.05, 0.1) is 0 Å². The van der Waals surface area contributed by atoms with Gasteiger partial charge in [0.2, 0.25) is 0 Å². The van der Waals surface area contributed by atoms with E-state index in [2.05, 4.69) is 110 Å². The number of rotatable bonds is 4. The third-order valence-electron chi connectivity index (χ3n) is 4.18. The summed E-state index contributed by atoms with van der Waals surface area (Å²) in [6.45, 7) is 16.7. The largest absolute Gasteiger partial charge is 0.0955 e. The second-order valence-electron chi connectivity index (χ2n) is 6.24. The zero-order valence-corrected chi connectivity index (χ0v) is 18.5. The Morgan fingerprint density at radius 3 is 1.39 bits per heavy atom. The molecule has 0 atom stereocenters. The Kier molecular flexibility index (Phi) is 6.11. The first-order valence-corrected chi connectivity index (χ1v) is 9.76. The molecule has 0 bridgehead atoms. The number of benzene rings is 2. The number of aryl methyl sites for hydroxylation is 2. The number of allylic oxidation sites excluding steroid dienone is 2. The maximum absolute atomic E-state index is 4.06. The minimum atomic E-state index is 0.973. The predicted molar refractivity (Wildman–Crippen MR) is 120 cm³/mol. The van der Waals surface area contributed by atoms with E-state index >= 15 is 0 Å². The van der Waals surface area contributed by atoms with Gasteiger partial charge in [-0.25, -0.2) is 0 Å². The molecule has 0 amide bonds. The summed E-state index contributed by atoms with van der Waals surface area (Å²) in [5.74, 6) is 0. The van der Waals surface area contributed by atoms with E-state index in [-0.39, 0.29) is 0 Å². The third kappa shape index (κ3) is 4.27. The first-order valence-electron chi connectivity index (χ1n) is 7.60. The van der Waals surface area contributed by atoms with Crippen LogP contribution in [0.1, 0.15) is 47.2 Å². The molecule has 2 rings (SSSR count). The molecule has 0 fully saturated rings. The Morgan fingerprint density at radius 1 is 0.783 bits per heavy atom. The summed E-state index contributed by atoms with van der Waals surface area (Å²) >= 11 is 4.91. The SMILES string of the molecule is C=C(C)c1cc(C)c(Cc2c(C)cc(C(=C)C)cc2I)c(I)c1. The minimum Gasteiger partial charge on any atom is -0.0955 e. The van der Waals surface area contributed by atoms with E-state index in [4.69, 9.17) is 0 Å². The van der Waals surface area contributed by atoms with Crippen molar-refractivity contribution >= 4 is 56.3 Å². The fraction of sp³-hybridized carbons (Fsp3) is 0.238. The van der Waals surface area contributed by atoms with Gasteiger partial charge in [-0.2, -0.15) is 0 Å². The van der Waals surface area contributed by atoms with Gasteiger partial charge in [0.25, 0.3) is 0 Å². The second-order valence-corrected chi connectivity index (χ2v) is 8.57. The van der Waals surface area contributed by atoms with Crippen molar-refractivity contribution in [3.63, 3.8) is 0 Å². The van der Waals surface area contributed by atoms with Crippen LogP contribution < -0.4 is 0 Å². The topological polar surface area (TPSA) is 0 Å². The van der Waals surface area contributed by atoms with Crippen molar-refractivity contribution in [3.8, 4) is 0 Å². The van der Waals surface area contributed by atoms with Crippen LogP contribution in [0.15, 0.2) is 37.4 Å². The van der Waals surface area contributed by atoms with Gasteiger partial charge in [-0.15, -0.1) is 0 Å². The summed E-state index contributed by atoms with van der Waals surface area (Å²) in [5, 5.41) is 0. The molecular weight excluding hydrogens is 506 g/mol. The highest BCUT2D eigenvalue weighted by molar-refractivity contribution is 14.1. The molecule has 23 heavy (non-hydrogen) atoms. The summed E-state index contributed by atoms with van der Waals surface area (Å²) in [6, 6.07) is 9.00. The summed E-state index contributed by atoms with van der Waals surface area (Å²) < 4.78 is 2.64. The van der Waals surface area contributed by atoms with Crippen LogP contribution in [-0.4, -0.2) is 0 Å².